The molecule has 6 heteroatoms. The van der Waals surface area contributed by atoms with Crippen LogP contribution in [0.3, 0.4) is 0 Å². The number of imidazole rings is 1. The second kappa shape index (κ2) is 7.25. The molecule has 0 atom stereocenters. The summed E-state index contributed by atoms with van der Waals surface area (Å²) in [4.78, 5) is 16.7. The number of thioether (sulfide) groups is 1. The van der Waals surface area contributed by atoms with Crippen LogP contribution in [0.4, 0.5) is 0 Å². The van der Waals surface area contributed by atoms with Gasteiger partial charge < -0.3 is 8.98 Å². The normalized spacial score (nSPS) is 11.4. The first-order valence-corrected chi connectivity index (χ1v) is 9.54. The molecule has 0 aliphatic rings. The number of oxazole rings is 1. The molecule has 4 rings (SSSR count). The Morgan fingerprint density at radius 1 is 1.08 bits per heavy atom. The van der Waals surface area contributed by atoms with E-state index in [1.165, 1.54) is 0 Å². The van der Waals surface area contributed by atoms with Gasteiger partial charge in [-0.3, -0.25) is 4.57 Å². The van der Waals surface area contributed by atoms with E-state index in [0.717, 1.165) is 40.4 Å². The fraction of sp³-hybridized carbons (Fsp3) is 0.200. The lowest BCUT2D eigenvalue weighted by Gasteiger charge is -2.06. The molecule has 0 unspecified atom stereocenters. The van der Waals surface area contributed by atoms with E-state index in [4.69, 9.17) is 9.40 Å². The Hall–Kier alpha value is -2.73. The van der Waals surface area contributed by atoms with Crippen LogP contribution >= 0.6 is 11.8 Å². The van der Waals surface area contributed by atoms with Crippen molar-refractivity contribution in [2.75, 3.05) is 5.75 Å². The number of hydrogen-bond acceptors (Lipinski definition) is 4. The van der Waals surface area contributed by atoms with Crippen LogP contribution in [0.15, 0.2) is 75.6 Å². The van der Waals surface area contributed by atoms with E-state index in [2.05, 4.69) is 17.2 Å². The van der Waals surface area contributed by atoms with Gasteiger partial charge in [0.2, 0.25) is 0 Å². The summed E-state index contributed by atoms with van der Waals surface area (Å²) in [5.74, 6) is 0.571. The van der Waals surface area contributed by atoms with Crippen molar-refractivity contribution in [1.82, 2.24) is 14.1 Å². The van der Waals surface area contributed by atoms with Crippen molar-refractivity contribution in [3.8, 4) is 0 Å². The number of aromatic nitrogens is 3. The number of rotatable bonds is 7. The van der Waals surface area contributed by atoms with Gasteiger partial charge in [0.1, 0.15) is 0 Å². The summed E-state index contributed by atoms with van der Waals surface area (Å²) in [5, 5.41) is 0.982. The Labute approximate surface area is 154 Å². The van der Waals surface area contributed by atoms with Crippen LogP contribution in [0.2, 0.25) is 0 Å². The standard InChI is InChI=1S/C20H19N3O2S/c1-2-12-22-16-9-4-3-8-15(16)21-19(22)26-14-7-13-23-17-10-5-6-11-18(17)25-20(23)24/h2-6,8-11H,1,7,12-14H2. The lowest BCUT2D eigenvalue weighted by molar-refractivity contribution is 0.503. The number of aryl methyl sites for hydroxylation is 1. The van der Waals surface area contributed by atoms with Gasteiger partial charge >= 0.3 is 5.76 Å². The average Bonchev–Trinajstić information content (AvgIpc) is 3.16. The van der Waals surface area contributed by atoms with Gasteiger partial charge in [-0.15, -0.1) is 6.58 Å². The van der Waals surface area contributed by atoms with Crippen molar-refractivity contribution in [3.63, 3.8) is 0 Å². The van der Waals surface area contributed by atoms with E-state index in [1.54, 1.807) is 16.3 Å². The first-order valence-electron chi connectivity index (χ1n) is 8.55. The maximum absolute atomic E-state index is 12.0. The van der Waals surface area contributed by atoms with Crippen molar-refractivity contribution in [2.24, 2.45) is 0 Å². The molecule has 0 aliphatic heterocycles. The van der Waals surface area contributed by atoms with E-state index in [0.29, 0.717) is 12.1 Å². The highest BCUT2D eigenvalue weighted by atomic mass is 32.2. The van der Waals surface area contributed by atoms with Gasteiger partial charge in [0.25, 0.3) is 0 Å². The average molecular weight is 365 g/mol. The molecule has 0 aliphatic carbocycles. The zero-order valence-electron chi connectivity index (χ0n) is 14.3. The highest BCUT2D eigenvalue weighted by Gasteiger charge is 2.11. The second-order valence-electron chi connectivity index (χ2n) is 5.97. The van der Waals surface area contributed by atoms with Gasteiger partial charge in [0.15, 0.2) is 10.7 Å². The minimum absolute atomic E-state index is 0.296. The number of fused-ring (bicyclic) bond motifs is 2. The summed E-state index contributed by atoms with van der Waals surface area (Å²) in [6.45, 7) is 5.21. The van der Waals surface area contributed by atoms with Crippen LogP contribution < -0.4 is 5.76 Å². The zero-order valence-corrected chi connectivity index (χ0v) is 15.1. The Morgan fingerprint density at radius 2 is 1.85 bits per heavy atom. The van der Waals surface area contributed by atoms with E-state index >= 15 is 0 Å². The molecule has 0 saturated carbocycles. The highest BCUT2D eigenvalue weighted by molar-refractivity contribution is 7.99. The van der Waals surface area contributed by atoms with E-state index < -0.39 is 0 Å². The van der Waals surface area contributed by atoms with Gasteiger partial charge in [-0.2, -0.15) is 0 Å². The van der Waals surface area contributed by atoms with Gasteiger partial charge in [-0.1, -0.05) is 42.1 Å². The molecule has 2 aromatic carbocycles. The van der Waals surface area contributed by atoms with Crippen molar-refractivity contribution < 1.29 is 4.42 Å². The number of benzene rings is 2. The van der Waals surface area contributed by atoms with Crippen LogP contribution in [0, 0.1) is 0 Å². The third-order valence-corrected chi connectivity index (χ3v) is 5.32. The van der Waals surface area contributed by atoms with Gasteiger partial charge in [0.05, 0.1) is 16.6 Å². The lowest BCUT2D eigenvalue weighted by atomic mass is 10.3. The fourth-order valence-electron chi connectivity index (χ4n) is 3.08. The SMILES string of the molecule is C=CCn1c(SCCCn2c(=O)oc3ccccc32)nc2ccccc21. The largest absolute Gasteiger partial charge is 0.419 e. The van der Waals surface area contributed by atoms with Crippen molar-refractivity contribution in [2.45, 2.75) is 24.7 Å². The molecule has 0 fully saturated rings. The van der Waals surface area contributed by atoms with Crippen LogP contribution in [0.1, 0.15) is 6.42 Å². The highest BCUT2D eigenvalue weighted by Crippen LogP contribution is 2.25. The molecular formula is C20H19N3O2S. The maximum atomic E-state index is 12.0. The second-order valence-corrected chi connectivity index (χ2v) is 7.03. The lowest BCUT2D eigenvalue weighted by Crippen LogP contribution is -2.14. The van der Waals surface area contributed by atoms with Gasteiger partial charge in [-0.05, 0) is 30.7 Å². The van der Waals surface area contributed by atoms with Crippen molar-refractivity contribution in [1.29, 1.82) is 0 Å². The summed E-state index contributed by atoms with van der Waals surface area (Å²) in [6, 6.07) is 15.6. The summed E-state index contributed by atoms with van der Waals surface area (Å²) < 4.78 is 9.15. The van der Waals surface area contributed by atoms with E-state index in [9.17, 15) is 4.79 Å². The first kappa shape index (κ1) is 16.7. The van der Waals surface area contributed by atoms with Crippen molar-refractivity contribution >= 4 is 33.9 Å². The molecule has 0 N–H and O–H groups in total. The molecule has 2 aromatic heterocycles. The number of nitrogens with zero attached hydrogens (tertiary/aromatic N) is 3. The molecule has 0 radical (unpaired) electrons. The molecule has 5 nitrogen and oxygen atoms in total. The molecular weight excluding hydrogens is 346 g/mol. The molecule has 0 spiro atoms. The fourth-order valence-corrected chi connectivity index (χ4v) is 4.03. The zero-order chi connectivity index (χ0) is 17.9. The number of hydrogen-bond donors (Lipinski definition) is 0. The third-order valence-electron chi connectivity index (χ3n) is 4.26. The molecule has 0 saturated heterocycles. The predicted molar refractivity (Wildman–Crippen MR) is 106 cm³/mol. The third kappa shape index (κ3) is 3.08. The maximum Gasteiger partial charge on any atom is 0.419 e. The van der Waals surface area contributed by atoms with E-state index in [-0.39, 0.29) is 5.76 Å². The minimum atomic E-state index is -0.296. The predicted octanol–water partition coefficient (Wildman–Crippen LogP) is 4.31. The first-order chi connectivity index (χ1) is 12.8. The van der Waals surface area contributed by atoms with E-state index in [1.807, 2.05) is 48.5 Å². The number of para-hydroxylation sites is 4. The topological polar surface area (TPSA) is 53.0 Å². The van der Waals surface area contributed by atoms with Crippen LogP contribution in [0.25, 0.3) is 22.1 Å². The van der Waals surface area contributed by atoms with Crippen LogP contribution in [0.5, 0.6) is 0 Å². The quantitative estimate of drug-likeness (QED) is 0.278. The monoisotopic (exact) mass is 365 g/mol. The molecule has 0 amide bonds. The van der Waals surface area contributed by atoms with Gasteiger partial charge in [-0.25, -0.2) is 9.78 Å². The molecule has 26 heavy (non-hydrogen) atoms. The van der Waals surface area contributed by atoms with Crippen LogP contribution in [-0.4, -0.2) is 19.9 Å². The molecule has 0 bridgehead atoms. The number of allylic oxidation sites excluding steroid dienone is 1. The Balaban J connectivity index is 1.47. The van der Waals surface area contributed by atoms with Crippen LogP contribution in [-0.2, 0) is 13.1 Å². The molecule has 132 valence electrons. The molecule has 4 aromatic rings. The summed E-state index contributed by atoms with van der Waals surface area (Å²) in [6.07, 6.45) is 2.74. The van der Waals surface area contributed by atoms with Gasteiger partial charge in [0, 0.05) is 18.8 Å². The summed E-state index contributed by atoms with van der Waals surface area (Å²) >= 11 is 1.70. The Kier molecular flexibility index (Phi) is 4.67. The smallest absolute Gasteiger partial charge is 0.408 e. The summed E-state index contributed by atoms with van der Waals surface area (Å²) in [5.41, 5.74) is 3.60. The summed E-state index contributed by atoms with van der Waals surface area (Å²) in [7, 11) is 0. The minimum Gasteiger partial charge on any atom is -0.408 e. The molecule has 2 heterocycles. The Morgan fingerprint density at radius 3 is 2.69 bits per heavy atom. The van der Waals surface area contributed by atoms with Crippen molar-refractivity contribution in [3.05, 3.63) is 71.7 Å². The Bertz CT molecular complexity index is 1120.